The Morgan fingerprint density at radius 2 is 1.94 bits per heavy atom. The largest absolute Gasteiger partial charge is 0.399 e. The van der Waals surface area contributed by atoms with Crippen LogP contribution in [0.2, 0.25) is 0 Å². The lowest BCUT2D eigenvalue weighted by atomic mass is 9.85. The number of Topliss-reactive ketones (excluding diaryl/α,β-unsaturated/α-hetero) is 1. The molecular weight excluding hydrogens is 410 g/mol. The van der Waals surface area contributed by atoms with E-state index in [1.165, 1.54) is 39.4 Å². The number of benzene rings is 1. The monoisotopic (exact) mass is 437 g/mol. The number of fused-ring (bicyclic) bond motifs is 1. The summed E-state index contributed by atoms with van der Waals surface area (Å²) in [5, 5.41) is 5.39. The van der Waals surface area contributed by atoms with Gasteiger partial charge in [-0.1, -0.05) is 6.07 Å². The topological polar surface area (TPSA) is 84.5 Å². The first-order chi connectivity index (χ1) is 14.9. The molecule has 2 aliphatic rings. The van der Waals surface area contributed by atoms with Crippen LogP contribution in [0.3, 0.4) is 0 Å². The lowest BCUT2D eigenvalue weighted by molar-refractivity contribution is 0.0592. The minimum atomic E-state index is -0.144. The Bertz CT molecular complexity index is 1140. The number of nitrogen functional groups attached to an aromatic ring is 1. The Hall–Kier alpha value is -2.71. The Morgan fingerprint density at radius 3 is 2.68 bits per heavy atom. The number of hydrogen-bond donors (Lipinski definition) is 1. The highest BCUT2D eigenvalue weighted by molar-refractivity contribution is 7.19. The molecular formula is C23H27N5O2S. The molecule has 2 aromatic heterocycles. The Balaban J connectivity index is 1.26. The van der Waals surface area contributed by atoms with E-state index in [4.69, 9.17) is 5.73 Å². The molecule has 0 atom stereocenters. The molecule has 0 unspecified atom stereocenters. The lowest BCUT2D eigenvalue weighted by Crippen LogP contribution is -2.53. The summed E-state index contributed by atoms with van der Waals surface area (Å²) < 4.78 is 2.54. The first kappa shape index (κ1) is 20.2. The van der Waals surface area contributed by atoms with Gasteiger partial charge in [0.1, 0.15) is 5.69 Å². The van der Waals surface area contributed by atoms with E-state index in [9.17, 15) is 9.59 Å². The molecule has 5 rings (SSSR count). The van der Waals surface area contributed by atoms with Crippen LogP contribution in [0.25, 0.3) is 10.1 Å². The van der Waals surface area contributed by atoms with Gasteiger partial charge in [0.25, 0.3) is 0 Å². The molecule has 1 amide bonds. The van der Waals surface area contributed by atoms with Crippen LogP contribution in [-0.2, 0) is 6.54 Å². The molecule has 162 valence electrons. The van der Waals surface area contributed by atoms with Crippen molar-refractivity contribution >= 4 is 38.9 Å². The van der Waals surface area contributed by atoms with Crippen molar-refractivity contribution < 1.29 is 9.59 Å². The smallest absolute Gasteiger partial charge is 0.344 e. The van der Waals surface area contributed by atoms with Crippen molar-refractivity contribution in [3.63, 3.8) is 0 Å². The fourth-order valence-electron chi connectivity index (χ4n) is 5.05. The van der Waals surface area contributed by atoms with Crippen molar-refractivity contribution in [2.75, 3.05) is 25.4 Å². The third-order valence-corrected chi connectivity index (χ3v) is 7.88. The Morgan fingerprint density at radius 1 is 1.13 bits per heavy atom. The van der Waals surface area contributed by atoms with E-state index in [0.29, 0.717) is 18.8 Å². The van der Waals surface area contributed by atoms with Crippen LogP contribution < -0.4 is 5.73 Å². The van der Waals surface area contributed by atoms with Crippen LogP contribution in [0.15, 0.2) is 36.5 Å². The maximum atomic E-state index is 12.8. The molecule has 2 fully saturated rings. The number of carbonyl (C=O) groups excluding carboxylic acids is 2. The van der Waals surface area contributed by atoms with Gasteiger partial charge in [0.2, 0.25) is 0 Å². The second-order valence-corrected chi connectivity index (χ2v) is 9.90. The number of amides is 1. The van der Waals surface area contributed by atoms with Crippen LogP contribution in [-0.4, -0.2) is 56.6 Å². The fourth-order valence-corrected chi connectivity index (χ4v) is 6.18. The molecule has 1 spiro atoms. The van der Waals surface area contributed by atoms with Gasteiger partial charge in [-0.15, -0.1) is 11.3 Å². The SMILES string of the molecule is CC(=O)c1ccn(C(=O)N2CCC3(CCCN3Cc3cc4ccc(N)cc4s3)CC2)n1. The molecule has 0 radical (unpaired) electrons. The van der Waals surface area contributed by atoms with Gasteiger partial charge in [-0.2, -0.15) is 9.78 Å². The number of nitrogens with zero attached hydrogens (tertiary/aromatic N) is 4. The second kappa shape index (κ2) is 7.76. The standard InChI is InChI=1S/C23H27N5O2S/c1-16(29)20-5-10-28(25-20)22(30)26-11-7-23(8-12-26)6-2-9-27(23)15-19-13-17-3-4-18(24)14-21(17)31-19/h3-5,10,13-14H,2,6-9,11-12,15,24H2,1H3. The van der Waals surface area contributed by atoms with E-state index in [0.717, 1.165) is 31.6 Å². The van der Waals surface area contributed by atoms with Gasteiger partial charge in [-0.05, 0) is 61.9 Å². The second-order valence-electron chi connectivity index (χ2n) is 8.73. The van der Waals surface area contributed by atoms with Gasteiger partial charge in [0.15, 0.2) is 5.78 Å². The summed E-state index contributed by atoms with van der Waals surface area (Å²) in [6, 6.07) is 9.86. The first-order valence-corrected chi connectivity index (χ1v) is 11.6. The minimum absolute atomic E-state index is 0.130. The Labute approximate surface area is 185 Å². The number of anilines is 1. The third kappa shape index (κ3) is 3.74. The zero-order valence-corrected chi connectivity index (χ0v) is 18.5. The molecule has 2 aliphatic heterocycles. The highest BCUT2D eigenvalue weighted by Crippen LogP contribution is 2.40. The van der Waals surface area contributed by atoms with Crippen LogP contribution >= 0.6 is 11.3 Å². The summed E-state index contributed by atoms with van der Waals surface area (Å²) in [6.45, 7) is 4.95. The van der Waals surface area contributed by atoms with Crippen molar-refractivity contribution in [2.24, 2.45) is 0 Å². The van der Waals surface area contributed by atoms with Crippen molar-refractivity contribution in [3.05, 3.63) is 47.1 Å². The number of carbonyl (C=O) groups is 2. The van der Waals surface area contributed by atoms with Gasteiger partial charge in [0.05, 0.1) is 0 Å². The molecule has 0 bridgehead atoms. The van der Waals surface area contributed by atoms with E-state index >= 15 is 0 Å². The summed E-state index contributed by atoms with van der Waals surface area (Å²) in [5.74, 6) is -0.130. The quantitative estimate of drug-likeness (QED) is 0.495. The average Bonchev–Trinajstić information content (AvgIpc) is 3.47. The predicted molar refractivity (Wildman–Crippen MR) is 122 cm³/mol. The lowest BCUT2D eigenvalue weighted by Gasteiger charge is -2.44. The summed E-state index contributed by atoms with van der Waals surface area (Å²) >= 11 is 1.83. The van der Waals surface area contributed by atoms with Gasteiger partial charge >= 0.3 is 6.03 Å². The van der Waals surface area contributed by atoms with Crippen molar-refractivity contribution in [1.82, 2.24) is 19.6 Å². The van der Waals surface area contributed by atoms with Crippen molar-refractivity contribution in [3.8, 4) is 0 Å². The number of piperidine rings is 1. The molecule has 7 nitrogen and oxygen atoms in total. The summed E-state index contributed by atoms with van der Waals surface area (Å²) in [6.07, 6.45) is 5.91. The van der Waals surface area contributed by atoms with Gasteiger partial charge in [-0.25, -0.2) is 4.79 Å². The third-order valence-electron chi connectivity index (χ3n) is 6.79. The van der Waals surface area contributed by atoms with Crippen LogP contribution in [0.1, 0.15) is 48.0 Å². The number of nitrogens with two attached hydrogens (primary N) is 1. The number of rotatable bonds is 3. The zero-order chi connectivity index (χ0) is 21.6. The molecule has 1 aromatic carbocycles. The molecule has 3 aromatic rings. The molecule has 2 saturated heterocycles. The summed E-state index contributed by atoms with van der Waals surface area (Å²) in [5.41, 5.74) is 7.25. The number of likely N-dealkylation sites (tertiary alicyclic amines) is 2. The summed E-state index contributed by atoms with van der Waals surface area (Å²) in [7, 11) is 0. The van der Waals surface area contributed by atoms with Gasteiger partial charge in [0, 0.05) is 53.6 Å². The molecule has 0 aliphatic carbocycles. The first-order valence-electron chi connectivity index (χ1n) is 10.8. The highest BCUT2D eigenvalue weighted by Gasteiger charge is 2.44. The average molecular weight is 438 g/mol. The number of thiophene rings is 1. The normalized spacial score (nSPS) is 18.8. The molecule has 8 heteroatoms. The summed E-state index contributed by atoms with van der Waals surface area (Å²) in [4.78, 5) is 30.2. The van der Waals surface area contributed by atoms with E-state index < -0.39 is 0 Å². The molecule has 4 heterocycles. The maximum absolute atomic E-state index is 12.8. The molecule has 0 saturated carbocycles. The molecule has 31 heavy (non-hydrogen) atoms. The van der Waals surface area contributed by atoms with Crippen molar-refractivity contribution in [1.29, 1.82) is 0 Å². The highest BCUT2D eigenvalue weighted by atomic mass is 32.1. The Kier molecular flexibility index (Phi) is 5.06. The zero-order valence-electron chi connectivity index (χ0n) is 17.7. The fraction of sp³-hybridized carbons (Fsp3) is 0.435. The van der Waals surface area contributed by atoms with E-state index in [2.05, 4.69) is 28.2 Å². The van der Waals surface area contributed by atoms with Crippen molar-refractivity contribution in [2.45, 2.75) is 44.7 Å². The van der Waals surface area contributed by atoms with Gasteiger partial charge in [-0.3, -0.25) is 9.69 Å². The van der Waals surface area contributed by atoms with Crippen LogP contribution in [0, 0.1) is 0 Å². The molecule has 2 N–H and O–H groups in total. The van der Waals surface area contributed by atoms with Crippen LogP contribution in [0.4, 0.5) is 10.5 Å². The van der Waals surface area contributed by atoms with E-state index in [1.54, 1.807) is 12.3 Å². The minimum Gasteiger partial charge on any atom is -0.399 e. The van der Waals surface area contributed by atoms with E-state index in [1.807, 2.05) is 22.3 Å². The van der Waals surface area contributed by atoms with E-state index in [-0.39, 0.29) is 17.4 Å². The van der Waals surface area contributed by atoms with Gasteiger partial charge < -0.3 is 10.6 Å². The number of hydrogen-bond acceptors (Lipinski definition) is 6. The number of ketones is 1. The maximum Gasteiger partial charge on any atom is 0.344 e. The predicted octanol–water partition coefficient (Wildman–Crippen LogP) is 3.98. The van der Waals surface area contributed by atoms with Crippen LogP contribution in [0.5, 0.6) is 0 Å². The number of aromatic nitrogens is 2.